The van der Waals surface area contributed by atoms with E-state index in [0.29, 0.717) is 6.04 Å². The quantitative estimate of drug-likeness (QED) is 0.565. The number of rotatable bonds is 4. The second-order valence-electron chi connectivity index (χ2n) is 7.77. The lowest BCUT2D eigenvalue weighted by Crippen LogP contribution is -2.33. The van der Waals surface area contributed by atoms with Crippen LogP contribution in [0.25, 0.3) is 16.9 Å². The second kappa shape index (κ2) is 7.70. The number of pyridine rings is 1. The zero-order valence-corrected chi connectivity index (χ0v) is 16.8. The van der Waals surface area contributed by atoms with Crippen molar-refractivity contribution < 1.29 is 0 Å². The molecule has 0 unspecified atom stereocenters. The molecule has 8 nitrogen and oxygen atoms in total. The SMILES string of the molecule is Cc1cc(NC2CCC(n3nc(-c4ccncc4)ccc3=O)CC2)n2nccc2n1. The van der Waals surface area contributed by atoms with Gasteiger partial charge >= 0.3 is 0 Å². The van der Waals surface area contributed by atoms with Gasteiger partial charge in [-0.1, -0.05) is 0 Å². The molecule has 152 valence electrons. The van der Waals surface area contributed by atoms with Crippen LogP contribution in [0.4, 0.5) is 5.82 Å². The number of nitrogens with zero attached hydrogens (tertiary/aromatic N) is 6. The van der Waals surface area contributed by atoms with Crippen LogP contribution in [0, 0.1) is 6.92 Å². The van der Waals surface area contributed by atoms with Crippen LogP contribution in [-0.2, 0) is 0 Å². The van der Waals surface area contributed by atoms with Crippen molar-refractivity contribution in [1.29, 1.82) is 0 Å². The summed E-state index contributed by atoms with van der Waals surface area (Å²) in [6.45, 7) is 1.99. The topological polar surface area (TPSA) is 90.0 Å². The van der Waals surface area contributed by atoms with E-state index in [1.165, 1.54) is 0 Å². The molecule has 0 saturated heterocycles. The molecule has 4 aromatic rings. The van der Waals surface area contributed by atoms with Crippen LogP contribution in [0.3, 0.4) is 0 Å². The van der Waals surface area contributed by atoms with Gasteiger partial charge in [-0.15, -0.1) is 0 Å². The number of aromatic nitrogens is 6. The number of fused-ring (bicyclic) bond motifs is 1. The summed E-state index contributed by atoms with van der Waals surface area (Å²) in [5.74, 6) is 0.959. The molecular weight excluding hydrogens is 378 g/mol. The minimum atomic E-state index is -0.0489. The predicted octanol–water partition coefficient (Wildman–Crippen LogP) is 3.25. The fraction of sp³-hybridized carbons (Fsp3) is 0.318. The molecule has 0 radical (unpaired) electrons. The van der Waals surface area contributed by atoms with Gasteiger partial charge in [-0.25, -0.2) is 9.67 Å². The molecule has 5 rings (SSSR count). The zero-order chi connectivity index (χ0) is 20.5. The van der Waals surface area contributed by atoms with Gasteiger partial charge in [-0.05, 0) is 50.8 Å². The van der Waals surface area contributed by atoms with Crippen molar-refractivity contribution in [2.75, 3.05) is 5.32 Å². The summed E-state index contributed by atoms with van der Waals surface area (Å²) in [7, 11) is 0. The van der Waals surface area contributed by atoms with Crippen molar-refractivity contribution in [3.63, 3.8) is 0 Å². The van der Waals surface area contributed by atoms with Gasteiger partial charge in [0, 0.05) is 47.9 Å². The van der Waals surface area contributed by atoms with Gasteiger partial charge in [-0.3, -0.25) is 9.78 Å². The normalized spacial score (nSPS) is 19.1. The van der Waals surface area contributed by atoms with Gasteiger partial charge < -0.3 is 5.32 Å². The molecule has 0 aromatic carbocycles. The highest BCUT2D eigenvalue weighted by Crippen LogP contribution is 2.29. The Morgan fingerprint density at radius 2 is 1.80 bits per heavy atom. The second-order valence-corrected chi connectivity index (χ2v) is 7.77. The maximum atomic E-state index is 12.5. The molecule has 1 fully saturated rings. The largest absolute Gasteiger partial charge is 0.367 e. The summed E-state index contributed by atoms with van der Waals surface area (Å²) in [4.78, 5) is 21.0. The highest BCUT2D eigenvalue weighted by molar-refractivity contribution is 5.57. The highest BCUT2D eigenvalue weighted by Gasteiger charge is 2.24. The van der Waals surface area contributed by atoms with E-state index < -0.39 is 0 Å². The smallest absolute Gasteiger partial charge is 0.267 e. The van der Waals surface area contributed by atoms with E-state index in [2.05, 4.69) is 25.5 Å². The molecule has 1 aliphatic carbocycles. The molecule has 4 heterocycles. The van der Waals surface area contributed by atoms with Gasteiger partial charge in [0.05, 0.1) is 17.9 Å². The molecule has 0 bridgehead atoms. The first-order valence-electron chi connectivity index (χ1n) is 10.3. The summed E-state index contributed by atoms with van der Waals surface area (Å²) >= 11 is 0. The van der Waals surface area contributed by atoms with Gasteiger partial charge in [0.25, 0.3) is 5.56 Å². The van der Waals surface area contributed by atoms with Gasteiger partial charge in [0.15, 0.2) is 5.65 Å². The minimum Gasteiger partial charge on any atom is -0.367 e. The molecule has 1 saturated carbocycles. The van der Waals surface area contributed by atoms with E-state index in [4.69, 9.17) is 0 Å². The Morgan fingerprint density at radius 3 is 2.60 bits per heavy atom. The Kier molecular flexibility index (Phi) is 4.74. The molecule has 0 aliphatic heterocycles. The van der Waals surface area contributed by atoms with Crippen LogP contribution in [0.5, 0.6) is 0 Å². The van der Waals surface area contributed by atoms with Crippen molar-refractivity contribution in [3.8, 4) is 11.3 Å². The minimum absolute atomic E-state index is 0.0489. The van der Waals surface area contributed by atoms with Crippen LogP contribution < -0.4 is 10.9 Å². The molecule has 0 atom stereocenters. The van der Waals surface area contributed by atoms with E-state index in [0.717, 1.165) is 54.1 Å². The van der Waals surface area contributed by atoms with Crippen molar-refractivity contribution in [3.05, 3.63) is 71.0 Å². The molecule has 8 heteroatoms. The van der Waals surface area contributed by atoms with E-state index in [9.17, 15) is 4.79 Å². The number of hydrogen-bond acceptors (Lipinski definition) is 6. The summed E-state index contributed by atoms with van der Waals surface area (Å²) in [6.07, 6.45) is 8.96. The molecule has 0 spiro atoms. The van der Waals surface area contributed by atoms with Crippen molar-refractivity contribution >= 4 is 11.5 Å². The van der Waals surface area contributed by atoms with Gasteiger partial charge in [-0.2, -0.15) is 14.7 Å². The van der Waals surface area contributed by atoms with Crippen molar-refractivity contribution in [2.45, 2.75) is 44.7 Å². The average molecular weight is 401 g/mol. The fourth-order valence-corrected chi connectivity index (χ4v) is 4.18. The molecule has 1 aliphatic rings. The first-order valence-corrected chi connectivity index (χ1v) is 10.3. The summed E-state index contributed by atoms with van der Waals surface area (Å²) in [5.41, 5.74) is 3.51. The third-order valence-electron chi connectivity index (χ3n) is 5.68. The molecular formula is C22H23N7O. The summed E-state index contributed by atoms with van der Waals surface area (Å²) in [6, 6.07) is 11.6. The third kappa shape index (κ3) is 3.56. The Hall–Kier alpha value is -3.55. The number of hydrogen-bond donors (Lipinski definition) is 1. The first kappa shape index (κ1) is 18.5. The van der Waals surface area contributed by atoms with Crippen LogP contribution in [0.2, 0.25) is 0 Å². The molecule has 4 aromatic heterocycles. The van der Waals surface area contributed by atoms with Crippen LogP contribution in [0.1, 0.15) is 37.4 Å². The van der Waals surface area contributed by atoms with Crippen molar-refractivity contribution in [2.24, 2.45) is 0 Å². The van der Waals surface area contributed by atoms with Crippen molar-refractivity contribution in [1.82, 2.24) is 29.4 Å². The number of nitrogens with one attached hydrogen (secondary N) is 1. The lowest BCUT2D eigenvalue weighted by molar-refractivity contribution is 0.304. The number of anilines is 1. The Labute approximate surface area is 173 Å². The predicted molar refractivity (Wildman–Crippen MR) is 114 cm³/mol. The fourth-order valence-electron chi connectivity index (χ4n) is 4.18. The first-order chi connectivity index (χ1) is 14.7. The van der Waals surface area contributed by atoms with E-state index >= 15 is 0 Å². The van der Waals surface area contributed by atoms with Crippen LogP contribution >= 0.6 is 0 Å². The highest BCUT2D eigenvalue weighted by atomic mass is 16.1. The van der Waals surface area contributed by atoms with Gasteiger partial charge in [0.2, 0.25) is 0 Å². The summed E-state index contributed by atoms with van der Waals surface area (Å²) in [5, 5.41) is 12.6. The number of aryl methyl sites for hydroxylation is 1. The van der Waals surface area contributed by atoms with E-state index in [1.807, 2.05) is 35.7 Å². The summed E-state index contributed by atoms with van der Waals surface area (Å²) < 4.78 is 3.50. The third-order valence-corrected chi connectivity index (χ3v) is 5.68. The molecule has 30 heavy (non-hydrogen) atoms. The average Bonchev–Trinajstić information content (AvgIpc) is 3.24. The van der Waals surface area contributed by atoms with E-state index in [1.54, 1.807) is 35.4 Å². The molecule has 0 amide bonds. The standard InChI is InChI=1S/C22H23N7O/c1-15-14-21(29-20(25-15)10-13-24-29)26-17-2-4-18(5-3-17)28-22(30)7-6-19(27-28)16-8-11-23-12-9-16/h6-14,17-18,26H,2-5H2,1H3. The lowest BCUT2D eigenvalue weighted by Gasteiger charge is -2.30. The van der Waals surface area contributed by atoms with Crippen LogP contribution in [0.15, 0.2) is 59.8 Å². The molecule has 1 N–H and O–H groups in total. The maximum absolute atomic E-state index is 12.5. The van der Waals surface area contributed by atoms with E-state index in [-0.39, 0.29) is 11.6 Å². The van der Waals surface area contributed by atoms with Crippen LogP contribution in [-0.4, -0.2) is 35.4 Å². The Bertz CT molecular complexity index is 1220. The maximum Gasteiger partial charge on any atom is 0.267 e. The Morgan fingerprint density at radius 1 is 1.00 bits per heavy atom. The van der Waals surface area contributed by atoms with Gasteiger partial charge in [0.1, 0.15) is 5.82 Å². The monoisotopic (exact) mass is 401 g/mol. The lowest BCUT2D eigenvalue weighted by atomic mass is 9.91. The Balaban J connectivity index is 1.31. The zero-order valence-electron chi connectivity index (χ0n) is 16.8.